The summed E-state index contributed by atoms with van der Waals surface area (Å²) in [5.41, 5.74) is 8.18. The zero-order valence-electron chi connectivity index (χ0n) is 16.4. The van der Waals surface area contributed by atoms with Gasteiger partial charge in [0.2, 0.25) is 17.7 Å². The van der Waals surface area contributed by atoms with Crippen LogP contribution in [-0.4, -0.2) is 41.3 Å². The Bertz CT molecular complexity index is 897. The van der Waals surface area contributed by atoms with Crippen LogP contribution in [0.25, 0.3) is 0 Å². The summed E-state index contributed by atoms with van der Waals surface area (Å²) in [7, 11) is 0. The molecule has 0 bridgehead atoms. The lowest BCUT2D eigenvalue weighted by Crippen LogP contribution is -2.29. The first-order chi connectivity index (χ1) is 14.1. The van der Waals surface area contributed by atoms with E-state index in [-0.39, 0.29) is 0 Å². The number of amides is 2. The normalized spacial score (nSPS) is 18.1. The standard InChI is InChI=1S/C22H26N4O3/c23-22(28)16-5-9-20(25-14-16)29-17-6-7-18-15(13-17)4-8-19(18)24-10-2-12-26-11-1-3-21(26)27/h5-7,9,13-14,19,24H,1-4,8,10-12H2,(H2,23,28). The monoisotopic (exact) mass is 394 g/mol. The average Bonchev–Trinajstić information content (AvgIpc) is 3.31. The molecule has 1 aromatic heterocycles. The number of nitrogens with one attached hydrogen (secondary N) is 1. The highest BCUT2D eigenvalue weighted by Crippen LogP contribution is 2.34. The van der Waals surface area contributed by atoms with Gasteiger partial charge in [-0.2, -0.15) is 0 Å². The van der Waals surface area contributed by atoms with Gasteiger partial charge in [-0.25, -0.2) is 4.98 Å². The van der Waals surface area contributed by atoms with Crippen molar-refractivity contribution in [2.24, 2.45) is 5.73 Å². The van der Waals surface area contributed by atoms with E-state index in [9.17, 15) is 9.59 Å². The highest BCUT2D eigenvalue weighted by Gasteiger charge is 2.23. The maximum absolute atomic E-state index is 11.7. The van der Waals surface area contributed by atoms with Crippen LogP contribution in [0.15, 0.2) is 36.5 Å². The molecule has 152 valence electrons. The van der Waals surface area contributed by atoms with Crippen LogP contribution < -0.4 is 15.8 Å². The number of ether oxygens (including phenoxy) is 1. The molecule has 0 spiro atoms. The van der Waals surface area contributed by atoms with Crippen LogP contribution in [0.4, 0.5) is 0 Å². The number of hydrogen-bond acceptors (Lipinski definition) is 5. The van der Waals surface area contributed by atoms with Gasteiger partial charge in [0.15, 0.2) is 0 Å². The molecule has 1 aromatic carbocycles. The number of primary amides is 1. The Morgan fingerprint density at radius 3 is 2.90 bits per heavy atom. The lowest BCUT2D eigenvalue weighted by molar-refractivity contribution is -0.127. The Hall–Kier alpha value is -2.93. The Morgan fingerprint density at radius 1 is 1.28 bits per heavy atom. The van der Waals surface area contributed by atoms with Crippen molar-refractivity contribution in [3.05, 3.63) is 53.2 Å². The second kappa shape index (κ2) is 8.61. The number of hydrogen-bond donors (Lipinski definition) is 2. The minimum atomic E-state index is -0.507. The quantitative estimate of drug-likeness (QED) is 0.671. The van der Waals surface area contributed by atoms with Gasteiger partial charge >= 0.3 is 0 Å². The van der Waals surface area contributed by atoms with E-state index >= 15 is 0 Å². The molecule has 2 aliphatic rings. The molecule has 7 heteroatoms. The first-order valence-electron chi connectivity index (χ1n) is 10.2. The molecule has 2 heterocycles. The predicted octanol–water partition coefficient (Wildman–Crippen LogP) is 2.56. The van der Waals surface area contributed by atoms with Crippen LogP contribution in [0.2, 0.25) is 0 Å². The fourth-order valence-corrected chi connectivity index (χ4v) is 4.06. The molecular formula is C22H26N4O3. The first kappa shape index (κ1) is 19.4. The molecule has 2 amide bonds. The van der Waals surface area contributed by atoms with Gasteiger partial charge in [-0.3, -0.25) is 9.59 Å². The van der Waals surface area contributed by atoms with E-state index in [2.05, 4.69) is 22.4 Å². The lowest BCUT2D eigenvalue weighted by Gasteiger charge is -2.18. The number of likely N-dealkylation sites (tertiary alicyclic amines) is 1. The number of rotatable bonds is 8. The van der Waals surface area contributed by atoms with Gasteiger partial charge in [0, 0.05) is 37.8 Å². The fraction of sp³-hybridized carbons (Fsp3) is 0.409. The summed E-state index contributed by atoms with van der Waals surface area (Å²) < 4.78 is 5.82. The van der Waals surface area contributed by atoms with Gasteiger partial charge < -0.3 is 20.7 Å². The molecule has 29 heavy (non-hydrogen) atoms. The number of aryl methyl sites for hydroxylation is 1. The molecule has 1 unspecified atom stereocenters. The molecule has 2 aromatic rings. The van der Waals surface area contributed by atoms with Crippen LogP contribution in [-0.2, 0) is 11.2 Å². The summed E-state index contributed by atoms with van der Waals surface area (Å²) in [6, 6.07) is 9.71. The first-order valence-corrected chi connectivity index (χ1v) is 10.2. The molecule has 1 aliphatic heterocycles. The molecular weight excluding hydrogens is 368 g/mol. The largest absolute Gasteiger partial charge is 0.439 e. The van der Waals surface area contributed by atoms with Crippen molar-refractivity contribution < 1.29 is 14.3 Å². The predicted molar refractivity (Wildman–Crippen MR) is 109 cm³/mol. The number of benzene rings is 1. The van der Waals surface area contributed by atoms with Crippen molar-refractivity contribution in [2.75, 3.05) is 19.6 Å². The van der Waals surface area contributed by atoms with Gasteiger partial charge in [0.25, 0.3) is 0 Å². The van der Waals surface area contributed by atoms with Gasteiger partial charge in [-0.15, -0.1) is 0 Å². The molecule has 0 radical (unpaired) electrons. The third kappa shape index (κ3) is 4.56. The highest BCUT2D eigenvalue weighted by atomic mass is 16.5. The molecule has 0 saturated carbocycles. The van der Waals surface area contributed by atoms with E-state index in [1.807, 2.05) is 11.0 Å². The van der Waals surface area contributed by atoms with Crippen LogP contribution in [0.3, 0.4) is 0 Å². The summed E-state index contributed by atoms with van der Waals surface area (Å²) in [6.45, 7) is 2.66. The van der Waals surface area contributed by atoms with Gasteiger partial charge in [0.05, 0.1) is 5.56 Å². The highest BCUT2D eigenvalue weighted by molar-refractivity contribution is 5.92. The van der Waals surface area contributed by atoms with Crippen molar-refractivity contribution >= 4 is 11.8 Å². The van der Waals surface area contributed by atoms with Crippen LogP contribution in [0.1, 0.15) is 53.2 Å². The van der Waals surface area contributed by atoms with Crippen molar-refractivity contribution in [1.29, 1.82) is 0 Å². The van der Waals surface area contributed by atoms with Crippen molar-refractivity contribution in [1.82, 2.24) is 15.2 Å². The number of nitrogens with two attached hydrogens (primary N) is 1. The molecule has 1 fully saturated rings. The topological polar surface area (TPSA) is 97.5 Å². The van der Waals surface area contributed by atoms with Crippen molar-refractivity contribution in [3.8, 4) is 11.6 Å². The SMILES string of the molecule is NC(=O)c1ccc(Oc2ccc3c(c2)CCC3NCCCN2CCCC2=O)nc1. The van der Waals surface area contributed by atoms with E-state index in [4.69, 9.17) is 10.5 Å². The Labute approximate surface area is 170 Å². The second-order valence-corrected chi connectivity index (χ2v) is 7.60. The van der Waals surface area contributed by atoms with Gasteiger partial charge in [0.1, 0.15) is 5.75 Å². The van der Waals surface area contributed by atoms with E-state index in [0.717, 1.165) is 51.1 Å². The van der Waals surface area contributed by atoms with E-state index in [1.165, 1.54) is 17.3 Å². The third-order valence-electron chi connectivity index (χ3n) is 5.60. The van der Waals surface area contributed by atoms with Crippen molar-refractivity contribution in [2.45, 2.75) is 38.1 Å². The summed E-state index contributed by atoms with van der Waals surface area (Å²) in [6.07, 6.45) is 6.17. The summed E-state index contributed by atoms with van der Waals surface area (Å²) >= 11 is 0. The van der Waals surface area contributed by atoms with E-state index in [1.54, 1.807) is 12.1 Å². The maximum atomic E-state index is 11.7. The number of aromatic nitrogens is 1. The molecule has 7 nitrogen and oxygen atoms in total. The Balaban J connectivity index is 1.30. The number of nitrogens with zero attached hydrogens (tertiary/aromatic N) is 2. The Kier molecular flexibility index (Phi) is 5.76. The molecule has 1 atom stereocenters. The number of pyridine rings is 1. The van der Waals surface area contributed by atoms with E-state index in [0.29, 0.717) is 29.8 Å². The smallest absolute Gasteiger partial charge is 0.250 e. The number of fused-ring (bicyclic) bond motifs is 1. The molecule has 4 rings (SSSR count). The second-order valence-electron chi connectivity index (χ2n) is 7.60. The molecule has 1 saturated heterocycles. The van der Waals surface area contributed by atoms with Crippen molar-refractivity contribution in [3.63, 3.8) is 0 Å². The number of carbonyl (C=O) groups is 2. The Morgan fingerprint density at radius 2 is 2.17 bits per heavy atom. The van der Waals surface area contributed by atoms with Crippen LogP contribution in [0, 0.1) is 0 Å². The molecule has 1 aliphatic carbocycles. The minimum Gasteiger partial charge on any atom is -0.439 e. The minimum absolute atomic E-state index is 0.294. The summed E-state index contributed by atoms with van der Waals surface area (Å²) in [5.74, 6) is 0.949. The van der Waals surface area contributed by atoms with Crippen LogP contribution >= 0.6 is 0 Å². The lowest BCUT2D eigenvalue weighted by atomic mass is 10.1. The average molecular weight is 394 g/mol. The van der Waals surface area contributed by atoms with Gasteiger partial charge in [-0.05, 0) is 61.6 Å². The van der Waals surface area contributed by atoms with E-state index < -0.39 is 5.91 Å². The molecule has 3 N–H and O–H groups in total. The fourth-order valence-electron chi connectivity index (χ4n) is 4.06. The summed E-state index contributed by atoms with van der Waals surface area (Å²) in [5, 5.41) is 3.63. The third-order valence-corrected chi connectivity index (χ3v) is 5.60. The van der Waals surface area contributed by atoms with Gasteiger partial charge in [-0.1, -0.05) is 6.07 Å². The maximum Gasteiger partial charge on any atom is 0.250 e. The summed E-state index contributed by atoms with van der Waals surface area (Å²) in [4.78, 5) is 28.9. The number of carbonyl (C=O) groups excluding carboxylic acids is 2. The zero-order valence-corrected chi connectivity index (χ0v) is 16.4. The van der Waals surface area contributed by atoms with Crippen LogP contribution in [0.5, 0.6) is 11.6 Å². The zero-order chi connectivity index (χ0) is 20.2.